The van der Waals surface area contributed by atoms with Gasteiger partial charge in [-0.05, 0) is 59.9 Å². The van der Waals surface area contributed by atoms with E-state index in [1.54, 1.807) is 42.5 Å². The fraction of sp³-hybridized carbons (Fsp3) is 0.129. The molecule has 1 unspecified atom stereocenters. The molecular weight excluding hydrogens is 464 g/mol. The minimum absolute atomic E-state index is 0.230. The number of ether oxygens (including phenoxy) is 1. The maximum Gasteiger partial charge on any atom is 0.339 e. The van der Waals surface area contributed by atoms with Gasteiger partial charge in [-0.25, -0.2) is 14.6 Å². The summed E-state index contributed by atoms with van der Waals surface area (Å²) in [6.07, 6.45) is 2.06. The number of hydrogen-bond acceptors (Lipinski definition) is 4. The molecule has 0 fully saturated rings. The van der Waals surface area contributed by atoms with Crippen molar-refractivity contribution in [1.29, 1.82) is 0 Å². The molecule has 1 N–H and O–H groups in total. The molecule has 0 bridgehead atoms. The lowest BCUT2D eigenvalue weighted by Crippen LogP contribution is -2.16. The van der Waals surface area contributed by atoms with E-state index in [9.17, 15) is 14.7 Å². The minimum Gasteiger partial charge on any atom is -0.478 e. The van der Waals surface area contributed by atoms with Crippen LogP contribution >= 0.6 is 0 Å². The van der Waals surface area contributed by atoms with Crippen LogP contribution in [0.15, 0.2) is 97.2 Å². The number of nitrogens with zero attached hydrogens (tertiary/aromatic N) is 2. The van der Waals surface area contributed by atoms with E-state index < -0.39 is 18.0 Å². The summed E-state index contributed by atoms with van der Waals surface area (Å²) in [5.74, 6) is -1.42. The Labute approximate surface area is 214 Å². The Bertz CT molecular complexity index is 1590. The summed E-state index contributed by atoms with van der Waals surface area (Å²) < 4.78 is 8.12. The second-order valence-corrected chi connectivity index (χ2v) is 8.84. The van der Waals surface area contributed by atoms with E-state index in [-0.39, 0.29) is 5.56 Å². The van der Waals surface area contributed by atoms with Gasteiger partial charge in [0.1, 0.15) is 5.65 Å². The van der Waals surface area contributed by atoms with Crippen LogP contribution < -0.4 is 0 Å². The van der Waals surface area contributed by atoms with Crippen molar-refractivity contribution >= 4 is 17.6 Å². The van der Waals surface area contributed by atoms with Crippen molar-refractivity contribution in [3.63, 3.8) is 0 Å². The van der Waals surface area contributed by atoms with Gasteiger partial charge in [-0.1, -0.05) is 73.7 Å². The minimum atomic E-state index is -0.983. The van der Waals surface area contributed by atoms with Crippen LogP contribution in [0.2, 0.25) is 0 Å². The number of benzene rings is 3. The number of rotatable bonds is 7. The first-order valence-corrected chi connectivity index (χ1v) is 12.1. The Kier molecular flexibility index (Phi) is 6.56. The smallest absolute Gasteiger partial charge is 0.339 e. The quantitative estimate of drug-likeness (QED) is 0.263. The molecule has 3 aromatic carbocycles. The number of aromatic carboxylic acids is 1. The van der Waals surface area contributed by atoms with Gasteiger partial charge in [-0.2, -0.15) is 0 Å². The van der Waals surface area contributed by atoms with Gasteiger partial charge in [0.2, 0.25) is 0 Å². The molecule has 0 spiro atoms. The number of carbonyl (C=O) groups is 2. The topological polar surface area (TPSA) is 80.9 Å². The fourth-order valence-corrected chi connectivity index (χ4v) is 4.46. The summed E-state index contributed by atoms with van der Waals surface area (Å²) in [6, 6.07) is 27.2. The molecule has 0 saturated carbocycles. The number of imidazole rings is 1. The first kappa shape index (κ1) is 24.0. The van der Waals surface area contributed by atoms with E-state index in [2.05, 4.69) is 6.92 Å². The highest BCUT2D eigenvalue weighted by molar-refractivity contribution is 5.96. The predicted octanol–water partition coefficient (Wildman–Crippen LogP) is 6.52. The molecule has 0 aliphatic heterocycles. The highest BCUT2D eigenvalue weighted by Crippen LogP contribution is 2.32. The van der Waals surface area contributed by atoms with Crippen LogP contribution in [0, 0.1) is 6.92 Å². The Morgan fingerprint density at radius 2 is 1.62 bits per heavy atom. The van der Waals surface area contributed by atoms with Crippen LogP contribution in [-0.2, 0) is 11.2 Å². The number of carbonyl (C=O) groups excluding carboxylic acids is 1. The summed E-state index contributed by atoms with van der Waals surface area (Å²) in [7, 11) is 0. The lowest BCUT2D eigenvalue weighted by Gasteiger charge is -2.21. The molecule has 5 aromatic rings. The summed E-state index contributed by atoms with van der Waals surface area (Å²) >= 11 is 0. The van der Waals surface area contributed by atoms with Crippen LogP contribution in [0.4, 0.5) is 0 Å². The van der Waals surface area contributed by atoms with E-state index in [1.807, 2.05) is 66.1 Å². The highest BCUT2D eigenvalue weighted by Gasteiger charge is 2.24. The zero-order valence-corrected chi connectivity index (χ0v) is 20.6. The lowest BCUT2D eigenvalue weighted by atomic mass is 9.96. The number of carboxylic acid groups (broad SMARTS) is 1. The van der Waals surface area contributed by atoms with Crippen LogP contribution in [0.5, 0.6) is 0 Å². The monoisotopic (exact) mass is 490 g/mol. The predicted molar refractivity (Wildman–Crippen MR) is 142 cm³/mol. The van der Waals surface area contributed by atoms with E-state index in [0.717, 1.165) is 40.1 Å². The van der Waals surface area contributed by atoms with Crippen molar-refractivity contribution in [3.8, 4) is 11.1 Å². The first-order valence-electron chi connectivity index (χ1n) is 12.1. The third-order valence-electron chi connectivity index (χ3n) is 6.44. The number of fused-ring (bicyclic) bond motifs is 1. The van der Waals surface area contributed by atoms with Gasteiger partial charge >= 0.3 is 11.9 Å². The number of hydrogen-bond donors (Lipinski definition) is 1. The van der Waals surface area contributed by atoms with Crippen LogP contribution in [0.25, 0.3) is 16.8 Å². The molecule has 0 amide bonds. The number of pyridine rings is 1. The van der Waals surface area contributed by atoms with Crippen molar-refractivity contribution in [2.24, 2.45) is 0 Å². The lowest BCUT2D eigenvalue weighted by molar-refractivity contribution is 0.0368. The molecular formula is C31H26N2O4. The molecule has 37 heavy (non-hydrogen) atoms. The first-order chi connectivity index (χ1) is 18.0. The zero-order chi connectivity index (χ0) is 25.9. The average molecular weight is 491 g/mol. The molecule has 5 rings (SSSR count). The Balaban J connectivity index is 1.60. The normalized spacial score (nSPS) is 11.8. The summed E-state index contributed by atoms with van der Waals surface area (Å²) in [5.41, 5.74) is 6.41. The molecule has 184 valence electrons. The van der Waals surface area contributed by atoms with E-state index in [1.165, 1.54) is 0 Å². The van der Waals surface area contributed by atoms with Gasteiger partial charge in [0.25, 0.3) is 0 Å². The summed E-state index contributed by atoms with van der Waals surface area (Å²) in [4.78, 5) is 29.6. The number of esters is 1. The zero-order valence-electron chi connectivity index (χ0n) is 20.6. The maximum atomic E-state index is 13.2. The maximum absolute atomic E-state index is 13.2. The van der Waals surface area contributed by atoms with Gasteiger partial charge < -0.3 is 9.84 Å². The molecule has 1 atom stereocenters. The molecule has 6 heteroatoms. The SMILES string of the molecule is CCc1cn2c(C(OC(=O)c3ccccc3)c3ccc(-c4ccccc4C(=O)O)cc3)ccc(C)c2n1. The van der Waals surface area contributed by atoms with Crippen LogP contribution in [0.3, 0.4) is 0 Å². The van der Waals surface area contributed by atoms with Crippen molar-refractivity contribution in [2.75, 3.05) is 0 Å². The van der Waals surface area contributed by atoms with Gasteiger partial charge in [-0.3, -0.25) is 4.40 Å². The van der Waals surface area contributed by atoms with Crippen LogP contribution in [-0.4, -0.2) is 26.4 Å². The molecule has 6 nitrogen and oxygen atoms in total. The molecule has 0 saturated heterocycles. The Morgan fingerprint density at radius 1 is 0.919 bits per heavy atom. The average Bonchev–Trinajstić information content (AvgIpc) is 3.38. The van der Waals surface area contributed by atoms with Gasteiger partial charge in [0.15, 0.2) is 6.10 Å². The molecule has 2 heterocycles. The summed E-state index contributed by atoms with van der Waals surface area (Å²) in [6.45, 7) is 4.06. The number of carboxylic acids is 1. The molecule has 0 radical (unpaired) electrons. The van der Waals surface area contributed by atoms with Crippen molar-refractivity contribution in [3.05, 3.63) is 131 Å². The second-order valence-electron chi connectivity index (χ2n) is 8.84. The van der Waals surface area contributed by atoms with E-state index in [4.69, 9.17) is 9.72 Å². The van der Waals surface area contributed by atoms with Gasteiger partial charge in [0.05, 0.1) is 22.5 Å². The van der Waals surface area contributed by atoms with E-state index >= 15 is 0 Å². The largest absolute Gasteiger partial charge is 0.478 e. The Morgan fingerprint density at radius 3 is 2.32 bits per heavy atom. The Hall–Kier alpha value is -4.71. The third-order valence-corrected chi connectivity index (χ3v) is 6.44. The van der Waals surface area contributed by atoms with E-state index in [0.29, 0.717) is 11.1 Å². The van der Waals surface area contributed by atoms with Crippen molar-refractivity contribution in [2.45, 2.75) is 26.4 Å². The number of aromatic nitrogens is 2. The second kappa shape index (κ2) is 10.1. The summed E-state index contributed by atoms with van der Waals surface area (Å²) in [5, 5.41) is 9.60. The highest BCUT2D eigenvalue weighted by atomic mass is 16.5. The van der Waals surface area contributed by atoms with Gasteiger partial charge in [0, 0.05) is 6.20 Å². The molecule has 0 aliphatic carbocycles. The number of aryl methyl sites for hydroxylation is 2. The van der Waals surface area contributed by atoms with Crippen molar-refractivity contribution in [1.82, 2.24) is 9.38 Å². The standard InChI is InChI=1S/C31H26N2O4/c1-3-24-19-33-27(18-13-20(2)29(33)32-24)28(37-31(36)23-9-5-4-6-10-23)22-16-14-21(15-17-22)25-11-7-8-12-26(25)30(34)35/h4-19,28H,3H2,1-2H3,(H,34,35). The van der Waals surface area contributed by atoms with Crippen LogP contribution in [0.1, 0.15) is 56.3 Å². The fourth-order valence-electron chi connectivity index (χ4n) is 4.46. The van der Waals surface area contributed by atoms with Crippen molar-refractivity contribution < 1.29 is 19.4 Å². The molecule has 0 aliphatic rings. The van der Waals surface area contributed by atoms with Gasteiger partial charge in [-0.15, -0.1) is 0 Å². The third kappa shape index (κ3) is 4.74. The molecule has 2 aromatic heterocycles.